The summed E-state index contributed by atoms with van der Waals surface area (Å²) in [5.41, 5.74) is 5.79. The van der Waals surface area contributed by atoms with Gasteiger partial charge in [-0.1, -0.05) is 22.8 Å². The Labute approximate surface area is 197 Å². The van der Waals surface area contributed by atoms with Gasteiger partial charge in [0.05, 0.1) is 31.1 Å². The van der Waals surface area contributed by atoms with Gasteiger partial charge in [0.1, 0.15) is 6.26 Å². The molecule has 0 bridgehead atoms. The number of aromatic amines is 1. The van der Waals surface area contributed by atoms with E-state index < -0.39 is 0 Å². The van der Waals surface area contributed by atoms with Gasteiger partial charge < -0.3 is 25.0 Å². The number of aliphatic hydroxyl groups excluding tert-OH is 1. The average molecular weight is 470 g/mol. The molecule has 4 rings (SSSR count). The van der Waals surface area contributed by atoms with Crippen LogP contribution in [-0.4, -0.2) is 46.8 Å². The van der Waals surface area contributed by atoms with Crippen molar-refractivity contribution in [2.24, 2.45) is 0 Å². The van der Waals surface area contributed by atoms with E-state index >= 15 is 0 Å². The fraction of sp³-hybridized carbons (Fsp3) is 0.333. The number of H-pyrrole nitrogens is 1. The van der Waals surface area contributed by atoms with Gasteiger partial charge in [0, 0.05) is 41.4 Å². The van der Waals surface area contributed by atoms with Gasteiger partial charge in [-0.25, -0.2) is 0 Å². The molecule has 4 aromatic rings. The van der Waals surface area contributed by atoms with Crippen molar-refractivity contribution in [1.29, 1.82) is 0 Å². The second-order valence-electron chi connectivity index (χ2n) is 7.82. The summed E-state index contributed by atoms with van der Waals surface area (Å²) in [6.45, 7) is 3.67. The minimum atomic E-state index is 0.0000135. The molecule has 174 valence electrons. The van der Waals surface area contributed by atoms with E-state index in [1.807, 2.05) is 24.4 Å². The zero-order chi connectivity index (χ0) is 22.9. The summed E-state index contributed by atoms with van der Waals surface area (Å²) in [6.07, 6.45) is 7.15. The molecule has 0 aliphatic rings. The van der Waals surface area contributed by atoms with Crippen LogP contribution >= 0.6 is 11.6 Å². The lowest BCUT2D eigenvalue weighted by atomic mass is 10.1. The zero-order valence-electron chi connectivity index (χ0n) is 18.3. The minimum absolute atomic E-state index is 0.0000135. The maximum atomic E-state index is 9.26. The molecule has 9 heteroatoms. The van der Waals surface area contributed by atoms with Crippen LogP contribution in [0.2, 0.25) is 5.02 Å². The highest BCUT2D eigenvalue weighted by Crippen LogP contribution is 2.29. The van der Waals surface area contributed by atoms with Crippen molar-refractivity contribution in [2.45, 2.75) is 26.0 Å². The second-order valence-corrected chi connectivity index (χ2v) is 8.25. The average Bonchev–Trinajstić information content (AvgIpc) is 3.52. The molecule has 2 aromatic heterocycles. The fourth-order valence-electron chi connectivity index (χ4n) is 3.67. The highest BCUT2D eigenvalue weighted by molar-refractivity contribution is 6.30. The van der Waals surface area contributed by atoms with Crippen molar-refractivity contribution in [1.82, 2.24) is 20.7 Å². The molecule has 0 unspecified atom stereocenters. The number of aromatic nitrogens is 3. The van der Waals surface area contributed by atoms with Gasteiger partial charge >= 0.3 is 0 Å². The van der Waals surface area contributed by atoms with Crippen LogP contribution in [0.3, 0.4) is 0 Å². The van der Waals surface area contributed by atoms with E-state index in [1.54, 1.807) is 18.5 Å². The number of hydrogen-bond donors (Lipinski definition) is 4. The molecule has 0 amide bonds. The Morgan fingerprint density at radius 1 is 1.00 bits per heavy atom. The van der Waals surface area contributed by atoms with Gasteiger partial charge in [-0.15, -0.1) is 0 Å². The quantitative estimate of drug-likeness (QED) is 0.215. The molecule has 4 N–H and O–H groups in total. The number of hydrogen-bond acceptors (Lipinski definition) is 7. The Balaban J connectivity index is 1.12. The predicted octanol–water partition coefficient (Wildman–Crippen LogP) is 4.36. The topological polar surface area (TPSA) is 108 Å². The number of unbranched alkanes of at least 4 members (excludes halogenated alkanes) is 1. The van der Waals surface area contributed by atoms with Crippen molar-refractivity contribution >= 4 is 28.2 Å². The number of rotatable bonds is 13. The monoisotopic (exact) mass is 469 g/mol. The summed E-state index contributed by atoms with van der Waals surface area (Å²) in [5.74, 6) is 0. The van der Waals surface area contributed by atoms with E-state index in [-0.39, 0.29) is 6.61 Å². The normalized spacial score (nSPS) is 11.3. The van der Waals surface area contributed by atoms with Gasteiger partial charge in [0.2, 0.25) is 0 Å². The van der Waals surface area contributed by atoms with E-state index in [0.717, 1.165) is 71.4 Å². The maximum absolute atomic E-state index is 9.26. The van der Waals surface area contributed by atoms with Crippen LogP contribution in [0.15, 0.2) is 53.5 Å². The van der Waals surface area contributed by atoms with Crippen LogP contribution in [0.25, 0.3) is 22.0 Å². The Hall–Kier alpha value is -2.91. The molecule has 0 fully saturated rings. The van der Waals surface area contributed by atoms with Crippen LogP contribution in [0.5, 0.6) is 0 Å². The first-order valence-corrected chi connectivity index (χ1v) is 11.4. The van der Waals surface area contributed by atoms with Gasteiger partial charge in [-0.3, -0.25) is 5.10 Å². The summed E-state index contributed by atoms with van der Waals surface area (Å²) < 4.78 is 10.7. The van der Waals surface area contributed by atoms with Crippen molar-refractivity contribution in [3.8, 4) is 11.1 Å². The van der Waals surface area contributed by atoms with Crippen molar-refractivity contribution < 1.29 is 14.4 Å². The largest absolute Gasteiger partial charge is 0.392 e. The van der Waals surface area contributed by atoms with Crippen LogP contribution in [0, 0.1) is 0 Å². The summed E-state index contributed by atoms with van der Waals surface area (Å²) >= 11 is 6.07. The molecule has 2 heterocycles. The number of aliphatic hydroxyl groups is 1. The number of benzene rings is 2. The molecular weight excluding hydrogens is 442 g/mol. The van der Waals surface area contributed by atoms with E-state index in [1.165, 1.54) is 0 Å². The van der Waals surface area contributed by atoms with Gasteiger partial charge in [0.25, 0.3) is 0 Å². The van der Waals surface area contributed by atoms with Crippen LogP contribution in [0.4, 0.5) is 5.69 Å². The van der Waals surface area contributed by atoms with Gasteiger partial charge in [-0.05, 0) is 60.3 Å². The molecule has 0 atom stereocenters. The van der Waals surface area contributed by atoms with Crippen molar-refractivity contribution in [2.75, 3.05) is 31.6 Å². The molecule has 2 aromatic carbocycles. The third-order valence-electron chi connectivity index (χ3n) is 5.31. The Bertz CT molecular complexity index is 1150. The van der Waals surface area contributed by atoms with Crippen molar-refractivity contribution in [3.63, 3.8) is 0 Å². The first-order valence-electron chi connectivity index (χ1n) is 11.0. The number of anilines is 1. The predicted molar refractivity (Wildman–Crippen MR) is 129 cm³/mol. The Kier molecular flexibility index (Phi) is 8.32. The molecule has 0 radical (unpaired) electrons. The molecule has 0 saturated carbocycles. The van der Waals surface area contributed by atoms with Crippen molar-refractivity contribution in [3.05, 3.63) is 65.1 Å². The summed E-state index contributed by atoms with van der Waals surface area (Å²) in [5, 5.41) is 28.8. The molecular formula is C24H28ClN5O3. The first-order chi connectivity index (χ1) is 16.2. The van der Waals surface area contributed by atoms with Gasteiger partial charge in [-0.2, -0.15) is 5.10 Å². The third kappa shape index (κ3) is 6.55. The lowest BCUT2D eigenvalue weighted by Crippen LogP contribution is -2.16. The second kappa shape index (κ2) is 11.8. The fourth-order valence-corrected chi connectivity index (χ4v) is 3.95. The van der Waals surface area contributed by atoms with Gasteiger partial charge in [0.15, 0.2) is 0 Å². The smallest absolute Gasteiger partial charge is 0.131 e. The number of ether oxygens (including phenoxy) is 1. The lowest BCUT2D eigenvalue weighted by Gasteiger charge is -2.10. The van der Waals surface area contributed by atoms with E-state index in [9.17, 15) is 5.11 Å². The van der Waals surface area contributed by atoms with Crippen LogP contribution < -0.4 is 10.6 Å². The number of halogens is 1. The highest BCUT2D eigenvalue weighted by Gasteiger charge is 2.09. The number of nitrogens with zero attached hydrogens (tertiary/aromatic N) is 2. The minimum Gasteiger partial charge on any atom is -0.392 e. The standard InChI is InChI=1S/C24H28ClN5O3/c25-21-8-17(7-18(9-21)15-31)12-26-3-1-2-5-32-6-4-27-23-10-19(20-13-29-33-16-20)11-24-22(23)14-28-30-24/h7-11,13-14,16,26-27,31H,1-6,12,15H2,(H,28,30). The lowest BCUT2D eigenvalue weighted by molar-refractivity contribution is 0.140. The Morgan fingerprint density at radius 3 is 2.76 bits per heavy atom. The molecule has 33 heavy (non-hydrogen) atoms. The third-order valence-corrected chi connectivity index (χ3v) is 5.53. The maximum Gasteiger partial charge on any atom is 0.131 e. The molecule has 0 saturated heterocycles. The molecule has 0 aliphatic carbocycles. The van der Waals surface area contributed by atoms with Crippen LogP contribution in [0.1, 0.15) is 24.0 Å². The summed E-state index contributed by atoms with van der Waals surface area (Å²) in [6, 6.07) is 9.77. The summed E-state index contributed by atoms with van der Waals surface area (Å²) in [7, 11) is 0. The summed E-state index contributed by atoms with van der Waals surface area (Å²) in [4.78, 5) is 0. The van der Waals surface area contributed by atoms with Crippen LogP contribution in [-0.2, 0) is 17.9 Å². The van der Waals surface area contributed by atoms with E-state index in [0.29, 0.717) is 18.2 Å². The SMILES string of the molecule is OCc1cc(Cl)cc(CNCCCCOCCNc2cc(-c3cnoc3)cc3[nH]ncc23)c1. The number of fused-ring (bicyclic) bond motifs is 1. The molecule has 0 aliphatic heterocycles. The first kappa shape index (κ1) is 23.3. The molecule has 0 spiro atoms. The Morgan fingerprint density at radius 2 is 1.91 bits per heavy atom. The van der Waals surface area contributed by atoms with E-state index in [4.69, 9.17) is 20.9 Å². The van der Waals surface area contributed by atoms with E-state index in [2.05, 4.69) is 32.1 Å². The highest BCUT2D eigenvalue weighted by atomic mass is 35.5. The molecule has 8 nitrogen and oxygen atoms in total. The number of nitrogens with one attached hydrogen (secondary N) is 3. The zero-order valence-corrected chi connectivity index (χ0v) is 19.1.